The summed E-state index contributed by atoms with van der Waals surface area (Å²) in [7, 11) is 0. The quantitative estimate of drug-likeness (QED) is 0.475. The first-order valence-electron chi connectivity index (χ1n) is 9.79. The minimum absolute atomic E-state index is 0.103. The normalized spacial score (nSPS) is 12.5. The van der Waals surface area contributed by atoms with Gasteiger partial charge in [0.1, 0.15) is 5.60 Å². The molecule has 2 aromatic carbocycles. The summed E-state index contributed by atoms with van der Waals surface area (Å²) in [4.78, 5) is 17.7. The summed E-state index contributed by atoms with van der Waals surface area (Å²) >= 11 is 0. The van der Waals surface area contributed by atoms with E-state index >= 15 is 0 Å². The molecular formula is C24H31NO3. The van der Waals surface area contributed by atoms with Gasteiger partial charge in [0.15, 0.2) is 6.04 Å². The first kappa shape index (κ1) is 21.8. The Labute approximate surface area is 168 Å². The topological polar surface area (TPSA) is 47.9 Å². The Kier molecular flexibility index (Phi) is 7.94. The van der Waals surface area contributed by atoms with Crippen LogP contribution in [0.4, 0.5) is 0 Å². The van der Waals surface area contributed by atoms with Crippen LogP contribution in [0.15, 0.2) is 65.7 Å². The van der Waals surface area contributed by atoms with E-state index in [9.17, 15) is 4.79 Å². The molecule has 1 atom stereocenters. The van der Waals surface area contributed by atoms with Crippen molar-refractivity contribution in [2.45, 2.75) is 58.8 Å². The van der Waals surface area contributed by atoms with Crippen molar-refractivity contribution in [2.75, 3.05) is 6.61 Å². The molecule has 0 spiro atoms. The second-order valence-electron chi connectivity index (χ2n) is 7.97. The van der Waals surface area contributed by atoms with E-state index in [2.05, 4.69) is 0 Å². The number of aliphatic imine (C=N–C) groups is 1. The summed E-state index contributed by atoms with van der Waals surface area (Å²) in [5, 5.41) is 0. The Morgan fingerprint density at radius 2 is 1.43 bits per heavy atom. The Morgan fingerprint density at radius 1 is 0.929 bits per heavy atom. The summed E-state index contributed by atoms with van der Waals surface area (Å²) in [5.74, 6) is -0.329. The van der Waals surface area contributed by atoms with Gasteiger partial charge in [-0.3, -0.25) is 4.99 Å². The van der Waals surface area contributed by atoms with Gasteiger partial charge in [0, 0.05) is 24.2 Å². The van der Waals surface area contributed by atoms with Gasteiger partial charge in [-0.25, -0.2) is 4.79 Å². The number of carbonyl (C=O) groups excluding carboxylic acids is 1. The van der Waals surface area contributed by atoms with Gasteiger partial charge in [-0.15, -0.1) is 0 Å². The van der Waals surface area contributed by atoms with E-state index in [0.717, 1.165) is 16.8 Å². The Hall–Kier alpha value is -2.46. The zero-order valence-electron chi connectivity index (χ0n) is 17.5. The van der Waals surface area contributed by atoms with Crippen molar-refractivity contribution in [3.8, 4) is 0 Å². The molecule has 4 nitrogen and oxygen atoms in total. The SMILES string of the molecule is CC(C)OCCC(N=C(c1ccccc1)c1ccccc1)C(=O)OC(C)(C)C. The molecule has 2 aromatic rings. The maximum absolute atomic E-state index is 12.8. The molecule has 0 aliphatic rings. The van der Waals surface area contributed by atoms with E-state index in [4.69, 9.17) is 14.5 Å². The maximum atomic E-state index is 12.8. The second kappa shape index (κ2) is 10.2. The lowest BCUT2D eigenvalue weighted by molar-refractivity contribution is -0.156. The molecule has 0 radical (unpaired) electrons. The van der Waals surface area contributed by atoms with Gasteiger partial charge in [-0.05, 0) is 34.6 Å². The van der Waals surface area contributed by atoms with E-state index in [1.807, 2.05) is 95.3 Å². The maximum Gasteiger partial charge on any atom is 0.331 e. The van der Waals surface area contributed by atoms with Crippen LogP contribution in [-0.2, 0) is 14.3 Å². The average Bonchev–Trinajstić information content (AvgIpc) is 2.64. The molecule has 0 fully saturated rings. The Bertz CT molecular complexity index is 720. The van der Waals surface area contributed by atoms with Gasteiger partial charge < -0.3 is 9.47 Å². The molecule has 0 heterocycles. The largest absolute Gasteiger partial charge is 0.458 e. The molecule has 0 saturated heterocycles. The van der Waals surface area contributed by atoms with Crippen molar-refractivity contribution in [2.24, 2.45) is 4.99 Å². The summed E-state index contributed by atoms with van der Waals surface area (Å²) in [6.45, 7) is 10.0. The zero-order chi connectivity index (χ0) is 20.6. The minimum atomic E-state index is -0.631. The molecule has 0 aliphatic carbocycles. The van der Waals surface area contributed by atoms with Crippen LogP contribution in [0, 0.1) is 0 Å². The van der Waals surface area contributed by atoms with Crippen LogP contribution < -0.4 is 0 Å². The van der Waals surface area contributed by atoms with Crippen LogP contribution in [0.1, 0.15) is 52.2 Å². The Balaban J connectivity index is 2.40. The second-order valence-corrected chi connectivity index (χ2v) is 7.97. The zero-order valence-corrected chi connectivity index (χ0v) is 17.5. The van der Waals surface area contributed by atoms with Crippen LogP contribution >= 0.6 is 0 Å². The number of hydrogen-bond donors (Lipinski definition) is 0. The molecule has 2 rings (SSSR count). The van der Waals surface area contributed by atoms with Gasteiger partial charge in [-0.2, -0.15) is 0 Å². The average molecular weight is 382 g/mol. The molecule has 28 heavy (non-hydrogen) atoms. The molecule has 0 amide bonds. The number of hydrogen-bond acceptors (Lipinski definition) is 4. The van der Waals surface area contributed by atoms with E-state index in [0.29, 0.717) is 13.0 Å². The molecule has 4 heteroatoms. The third-order valence-electron chi connectivity index (χ3n) is 3.90. The lowest BCUT2D eigenvalue weighted by Crippen LogP contribution is -2.32. The predicted octanol–water partition coefficient (Wildman–Crippen LogP) is 5.05. The lowest BCUT2D eigenvalue weighted by atomic mass is 10.0. The highest BCUT2D eigenvalue weighted by atomic mass is 16.6. The van der Waals surface area contributed by atoms with Crippen LogP contribution in [0.25, 0.3) is 0 Å². The number of benzene rings is 2. The van der Waals surface area contributed by atoms with E-state index in [1.54, 1.807) is 0 Å². The van der Waals surface area contributed by atoms with E-state index in [1.165, 1.54) is 0 Å². The van der Waals surface area contributed by atoms with Gasteiger partial charge in [-0.1, -0.05) is 60.7 Å². The number of rotatable bonds is 8. The lowest BCUT2D eigenvalue weighted by Gasteiger charge is -2.23. The smallest absolute Gasteiger partial charge is 0.331 e. The molecule has 0 N–H and O–H groups in total. The molecule has 0 bridgehead atoms. The van der Waals surface area contributed by atoms with Crippen molar-refractivity contribution in [1.29, 1.82) is 0 Å². The molecule has 0 aliphatic heterocycles. The van der Waals surface area contributed by atoms with Gasteiger partial charge >= 0.3 is 5.97 Å². The van der Waals surface area contributed by atoms with Crippen molar-refractivity contribution in [3.05, 3.63) is 71.8 Å². The van der Waals surface area contributed by atoms with Gasteiger partial charge in [0.05, 0.1) is 11.8 Å². The monoisotopic (exact) mass is 381 g/mol. The van der Waals surface area contributed by atoms with Crippen molar-refractivity contribution in [1.82, 2.24) is 0 Å². The molecule has 1 unspecified atom stereocenters. The highest BCUT2D eigenvalue weighted by molar-refractivity contribution is 6.13. The third kappa shape index (κ3) is 7.28. The van der Waals surface area contributed by atoms with Crippen molar-refractivity contribution < 1.29 is 14.3 Å². The fourth-order valence-corrected chi connectivity index (χ4v) is 2.68. The third-order valence-corrected chi connectivity index (χ3v) is 3.90. The minimum Gasteiger partial charge on any atom is -0.458 e. The summed E-state index contributed by atoms with van der Waals surface area (Å²) in [6, 6.07) is 19.2. The fourth-order valence-electron chi connectivity index (χ4n) is 2.68. The molecule has 150 valence electrons. The van der Waals surface area contributed by atoms with Crippen LogP contribution in [0.5, 0.6) is 0 Å². The number of carbonyl (C=O) groups is 1. The Morgan fingerprint density at radius 3 is 1.86 bits per heavy atom. The van der Waals surface area contributed by atoms with Crippen LogP contribution in [0.3, 0.4) is 0 Å². The van der Waals surface area contributed by atoms with Gasteiger partial charge in [0.2, 0.25) is 0 Å². The van der Waals surface area contributed by atoms with E-state index < -0.39 is 11.6 Å². The molecule has 0 aromatic heterocycles. The predicted molar refractivity (Wildman–Crippen MR) is 114 cm³/mol. The van der Waals surface area contributed by atoms with Crippen molar-refractivity contribution >= 4 is 11.7 Å². The fraction of sp³-hybridized carbons (Fsp3) is 0.417. The summed E-state index contributed by atoms with van der Waals surface area (Å²) < 4.78 is 11.3. The standard InChI is InChI=1S/C24H31NO3/c1-18(2)27-17-16-21(23(26)28-24(3,4)5)25-22(19-12-8-6-9-13-19)20-14-10-7-11-15-20/h6-15,18,21H,16-17H2,1-5H3. The number of esters is 1. The number of ether oxygens (including phenoxy) is 2. The summed E-state index contributed by atoms with van der Waals surface area (Å²) in [6.07, 6.45) is 0.571. The highest BCUT2D eigenvalue weighted by Crippen LogP contribution is 2.17. The van der Waals surface area contributed by atoms with E-state index in [-0.39, 0.29) is 12.1 Å². The van der Waals surface area contributed by atoms with Gasteiger partial charge in [0.25, 0.3) is 0 Å². The highest BCUT2D eigenvalue weighted by Gasteiger charge is 2.26. The molecular weight excluding hydrogens is 350 g/mol. The molecule has 0 saturated carbocycles. The number of nitrogens with zero attached hydrogens (tertiary/aromatic N) is 1. The van der Waals surface area contributed by atoms with Crippen molar-refractivity contribution in [3.63, 3.8) is 0 Å². The first-order chi connectivity index (χ1) is 13.3. The van der Waals surface area contributed by atoms with Crippen LogP contribution in [0.2, 0.25) is 0 Å². The summed E-state index contributed by atoms with van der Waals surface area (Å²) in [5.41, 5.74) is 2.14. The first-order valence-corrected chi connectivity index (χ1v) is 9.79. The van der Waals surface area contributed by atoms with Crippen LogP contribution in [-0.4, -0.2) is 36.0 Å².